The van der Waals surface area contributed by atoms with Gasteiger partial charge in [-0.25, -0.2) is 0 Å². The Morgan fingerprint density at radius 2 is 1.48 bits per heavy atom. The Morgan fingerprint density at radius 3 is 1.96 bits per heavy atom. The van der Waals surface area contributed by atoms with Crippen LogP contribution in [0.2, 0.25) is 0 Å². The zero-order chi connectivity index (χ0) is 17.1. The SMILES string of the molecule is COC(=O)C1CCC(C(=O)C(C)c2c(C)cc(C)cc2C)CC1. The van der Waals surface area contributed by atoms with Crippen molar-refractivity contribution in [3.05, 3.63) is 34.4 Å². The lowest BCUT2D eigenvalue weighted by atomic mass is 9.75. The van der Waals surface area contributed by atoms with Crippen molar-refractivity contribution in [1.82, 2.24) is 0 Å². The molecule has 2 rings (SSSR count). The van der Waals surface area contributed by atoms with Gasteiger partial charge in [0.05, 0.1) is 13.0 Å². The molecule has 1 aromatic carbocycles. The zero-order valence-corrected chi connectivity index (χ0v) is 14.9. The summed E-state index contributed by atoms with van der Waals surface area (Å²) in [4.78, 5) is 24.5. The van der Waals surface area contributed by atoms with Crippen LogP contribution in [0.1, 0.15) is 60.8 Å². The summed E-state index contributed by atoms with van der Waals surface area (Å²) in [5.41, 5.74) is 4.82. The van der Waals surface area contributed by atoms with E-state index in [1.54, 1.807) is 0 Å². The van der Waals surface area contributed by atoms with Crippen LogP contribution in [0.4, 0.5) is 0 Å². The van der Waals surface area contributed by atoms with Crippen LogP contribution in [-0.4, -0.2) is 18.9 Å². The summed E-state index contributed by atoms with van der Waals surface area (Å²) in [6.45, 7) is 8.30. The lowest BCUT2D eigenvalue weighted by Gasteiger charge is -2.28. The molecule has 1 unspecified atom stereocenters. The van der Waals surface area contributed by atoms with Crippen molar-refractivity contribution in [2.75, 3.05) is 7.11 Å². The third-order valence-corrected chi connectivity index (χ3v) is 5.26. The fourth-order valence-corrected chi connectivity index (χ4v) is 4.15. The first kappa shape index (κ1) is 17.7. The molecule has 0 aliphatic heterocycles. The monoisotopic (exact) mass is 316 g/mol. The number of hydrogen-bond donors (Lipinski definition) is 0. The third-order valence-electron chi connectivity index (χ3n) is 5.26. The molecule has 1 aromatic rings. The molecule has 1 saturated carbocycles. The van der Waals surface area contributed by atoms with Crippen molar-refractivity contribution >= 4 is 11.8 Å². The molecule has 0 radical (unpaired) electrons. The summed E-state index contributed by atoms with van der Waals surface area (Å²) in [5, 5.41) is 0. The Balaban J connectivity index is 2.08. The highest BCUT2D eigenvalue weighted by Crippen LogP contribution is 2.35. The van der Waals surface area contributed by atoms with Crippen LogP contribution < -0.4 is 0 Å². The molecule has 0 heterocycles. The largest absolute Gasteiger partial charge is 0.469 e. The van der Waals surface area contributed by atoms with Gasteiger partial charge in [0.25, 0.3) is 0 Å². The topological polar surface area (TPSA) is 43.4 Å². The van der Waals surface area contributed by atoms with Gasteiger partial charge >= 0.3 is 5.97 Å². The molecule has 126 valence electrons. The summed E-state index contributed by atoms with van der Waals surface area (Å²) < 4.78 is 4.82. The molecule has 0 amide bonds. The van der Waals surface area contributed by atoms with Crippen LogP contribution in [0.5, 0.6) is 0 Å². The van der Waals surface area contributed by atoms with Gasteiger partial charge in [0.1, 0.15) is 5.78 Å². The quantitative estimate of drug-likeness (QED) is 0.779. The van der Waals surface area contributed by atoms with Crippen LogP contribution in [-0.2, 0) is 14.3 Å². The zero-order valence-electron chi connectivity index (χ0n) is 14.9. The number of methoxy groups -OCH3 is 1. The van der Waals surface area contributed by atoms with E-state index in [9.17, 15) is 9.59 Å². The lowest BCUT2D eigenvalue weighted by Crippen LogP contribution is -2.29. The molecule has 3 heteroatoms. The molecule has 0 N–H and O–H groups in total. The minimum Gasteiger partial charge on any atom is -0.469 e. The fraction of sp³-hybridized carbons (Fsp3) is 0.600. The number of esters is 1. The van der Waals surface area contributed by atoms with Gasteiger partial charge in [-0.15, -0.1) is 0 Å². The van der Waals surface area contributed by atoms with Gasteiger partial charge in [0, 0.05) is 11.8 Å². The Bertz CT molecular complexity index is 572. The number of benzene rings is 1. The maximum Gasteiger partial charge on any atom is 0.308 e. The van der Waals surface area contributed by atoms with Crippen molar-refractivity contribution in [3.63, 3.8) is 0 Å². The van der Waals surface area contributed by atoms with E-state index in [0.717, 1.165) is 25.7 Å². The van der Waals surface area contributed by atoms with Gasteiger partial charge in [-0.1, -0.05) is 24.6 Å². The van der Waals surface area contributed by atoms with Crippen LogP contribution >= 0.6 is 0 Å². The molecule has 23 heavy (non-hydrogen) atoms. The maximum atomic E-state index is 12.9. The van der Waals surface area contributed by atoms with Crippen molar-refractivity contribution in [2.24, 2.45) is 11.8 Å². The fourth-order valence-electron chi connectivity index (χ4n) is 4.15. The van der Waals surface area contributed by atoms with Crippen LogP contribution in [0.25, 0.3) is 0 Å². The second-order valence-electron chi connectivity index (χ2n) is 7.01. The van der Waals surface area contributed by atoms with Crippen molar-refractivity contribution in [1.29, 1.82) is 0 Å². The van der Waals surface area contributed by atoms with Gasteiger partial charge in [-0.2, -0.15) is 0 Å². The standard InChI is InChI=1S/C20H28O3/c1-12-10-13(2)18(14(3)11-12)15(4)19(21)16-6-8-17(9-7-16)20(22)23-5/h10-11,15-17H,6-9H2,1-5H3. The molecule has 1 atom stereocenters. The van der Waals surface area contributed by atoms with Crippen LogP contribution in [0.15, 0.2) is 12.1 Å². The molecule has 0 spiro atoms. The van der Waals surface area contributed by atoms with E-state index >= 15 is 0 Å². The van der Waals surface area contributed by atoms with E-state index in [0.29, 0.717) is 5.78 Å². The average Bonchev–Trinajstić information content (AvgIpc) is 2.52. The van der Waals surface area contributed by atoms with E-state index < -0.39 is 0 Å². The summed E-state index contributed by atoms with van der Waals surface area (Å²) in [6.07, 6.45) is 3.13. The predicted molar refractivity (Wildman–Crippen MR) is 91.5 cm³/mol. The van der Waals surface area contributed by atoms with Crippen LogP contribution in [0, 0.1) is 32.6 Å². The number of rotatable bonds is 4. The molecule has 0 aromatic heterocycles. The molecular weight excluding hydrogens is 288 g/mol. The van der Waals surface area contributed by atoms with Crippen molar-refractivity contribution in [2.45, 2.75) is 59.3 Å². The summed E-state index contributed by atoms with van der Waals surface area (Å²) in [5.74, 6) is 0.168. The summed E-state index contributed by atoms with van der Waals surface area (Å²) in [6, 6.07) is 4.31. The van der Waals surface area contributed by atoms with Gasteiger partial charge in [0.2, 0.25) is 0 Å². The Labute approximate surface area is 139 Å². The number of aryl methyl sites for hydroxylation is 3. The number of ketones is 1. The first-order valence-corrected chi connectivity index (χ1v) is 8.54. The van der Waals surface area contributed by atoms with E-state index in [2.05, 4.69) is 32.9 Å². The van der Waals surface area contributed by atoms with Gasteiger partial charge in [0.15, 0.2) is 0 Å². The average molecular weight is 316 g/mol. The lowest BCUT2D eigenvalue weighted by molar-refractivity contribution is -0.147. The third kappa shape index (κ3) is 3.82. The normalized spacial score (nSPS) is 22.5. The highest BCUT2D eigenvalue weighted by molar-refractivity contribution is 5.88. The van der Waals surface area contributed by atoms with E-state index in [-0.39, 0.29) is 23.7 Å². The van der Waals surface area contributed by atoms with Gasteiger partial charge < -0.3 is 4.74 Å². The summed E-state index contributed by atoms with van der Waals surface area (Å²) >= 11 is 0. The number of Topliss-reactive ketones (excluding diaryl/α,β-unsaturated/α-hetero) is 1. The molecule has 0 bridgehead atoms. The number of carbonyl (C=O) groups is 2. The smallest absolute Gasteiger partial charge is 0.308 e. The van der Waals surface area contributed by atoms with E-state index in [1.807, 2.05) is 6.92 Å². The van der Waals surface area contributed by atoms with Crippen molar-refractivity contribution < 1.29 is 14.3 Å². The predicted octanol–water partition coefficient (Wildman–Crippen LogP) is 4.26. The minimum atomic E-state index is -0.130. The number of ether oxygens (including phenoxy) is 1. The Kier molecular flexibility index (Phi) is 5.61. The van der Waals surface area contributed by atoms with Crippen molar-refractivity contribution in [3.8, 4) is 0 Å². The van der Waals surface area contributed by atoms with E-state index in [1.165, 1.54) is 29.4 Å². The van der Waals surface area contributed by atoms with Crippen LogP contribution in [0.3, 0.4) is 0 Å². The molecule has 0 saturated heterocycles. The Morgan fingerprint density at radius 1 is 1.00 bits per heavy atom. The highest BCUT2D eigenvalue weighted by Gasteiger charge is 2.33. The molecule has 3 nitrogen and oxygen atoms in total. The van der Waals surface area contributed by atoms with E-state index in [4.69, 9.17) is 4.74 Å². The minimum absolute atomic E-state index is 0.0257. The number of carbonyl (C=O) groups excluding carboxylic acids is 2. The molecular formula is C20H28O3. The second-order valence-corrected chi connectivity index (χ2v) is 7.01. The summed E-state index contributed by atoms with van der Waals surface area (Å²) in [7, 11) is 1.44. The first-order chi connectivity index (χ1) is 10.8. The Hall–Kier alpha value is -1.64. The molecule has 1 aliphatic carbocycles. The highest BCUT2D eigenvalue weighted by atomic mass is 16.5. The maximum absolute atomic E-state index is 12.9. The second kappa shape index (κ2) is 7.29. The van der Waals surface area contributed by atoms with Gasteiger partial charge in [-0.05, 0) is 63.1 Å². The number of hydrogen-bond acceptors (Lipinski definition) is 3. The first-order valence-electron chi connectivity index (χ1n) is 8.54. The van der Waals surface area contributed by atoms with Gasteiger partial charge in [-0.3, -0.25) is 9.59 Å². The molecule has 1 aliphatic rings. The molecule has 1 fully saturated rings.